The van der Waals surface area contributed by atoms with Crippen molar-refractivity contribution in [1.29, 1.82) is 0 Å². The summed E-state index contributed by atoms with van der Waals surface area (Å²) in [5.74, 6) is 0.274. The molecule has 1 aliphatic heterocycles. The quantitative estimate of drug-likeness (QED) is 0.882. The molecule has 0 aromatic heterocycles. The van der Waals surface area contributed by atoms with Crippen LogP contribution in [-0.2, 0) is 14.8 Å². The summed E-state index contributed by atoms with van der Waals surface area (Å²) in [6, 6.07) is 4.77. The van der Waals surface area contributed by atoms with E-state index in [1.165, 1.54) is 0 Å². The van der Waals surface area contributed by atoms with E-state index in [9.17, 15) is 13.2 Å². The number of hydrogen-bond acceptors (Lipinski definition) is 4. The third kappa shape index (κ3) is 2.81. The Morgan fingerprint density at radius 1 is 1.37 bits per heavy atom. The summed E-state index contributed by atoms with van der Waals surface area (Å²) in [7, 11) is -3.41. The third-order valence-electron chi connectivity index (χ3n) is 2.79. The van der Waals surface area contributed by atoms with Crippen molar-refractivity contribution in [2.75, 3.05) is 10.0 Å². The van der Waals surface area contributed by atoms with Crippen LogP contribution >= 0.6 is 0 Å². The number of amides is 1. The minimum Gasteiger partial charge on any atom is -0.479 e. The molecule has 1 aromatic carbocycles. The maximum atomic E-state index is 11.8. The molecule has 0 radical (unpaired) electrons. The Morgan fingerprint density at radius 2 is 2.05 bits per heavy atom. The van der Waals surface area contributed by atoms with E-state index in [0.29, 0.717) is 17.1 Å². The van der Waals surface area contributed by atoms with Gasteiger partial charge >= 0.3 is 0 Å². The molecule has 1 unspecified atom stereocenters. The largest absolute Gasteiger partial charge is 0.479 e. The van der Waals surface area contributed by atoms with Gasteiger partial charge in [-0.1, -0.05) is 0 Å². The summed E-state index contributed by atoms with van der Waals surface area (Å²) >= 11 is 0. The van der Waals surface area contributed by atoms with Crippen molar-refractivity contribution in [3.63, 3.8) is 0 Å². The molecule has 0 spiro atoms. The lowest BCUT2D eigenvalue weighted by Gasteiger charge is -2.24. The number of nitrogens with one attached hydrogen (secondary N) is 2. The van der Waals surface area contributed by atoms with Crippen molar-refractivity contribution >= 4 is 27.3 Å². The molecule has 104 valence electrons. The second-order valence-corrected chi connectivity index (χ2v) is 6.89. The van der Waals surface area contributed by atoms with Gasteiger partial charge in [-0.25, -0.2) is 8.42 Å². The minimum atomic E-state index is -3.41. The number of rotatable bonds is 3. The zero-order chi connectivity index (χ0) is 14.2. The number of sulfonamides is 1. The molecular formula is C12H16N2O4S. The van der Waals surface area contributed by atoms with E-state index in [2.05, 4.69) is 10.0 Å². The number of benzene rings is 1. The van der Waals surface area contributed by atoms with Crippen molar-refractivity contribution in [1.82, 2.24) is 0 Å². The molecule has 0 saturated heterocycles. The fourth-order valence-corrected chi connectivity index (χ4v) is 2.25. The number of anilines is 2. The van der Waals surface area contributed by atoms with Crippen LogP contribution in [0.5, 0.6) is 5.75 Å². The average Bonchev–Trinajstić information content (AvgIpc) is 2.30. The fraction of sp³-hybridized carbons (Fsp3) is 0.417. The minimum absolute atomic E-state index is 0.253. The first-order valence-electron chi connectivity index (χ1n) is 5.93. The van der Waals surface area contributed by atoms with Crippen molar-refractivity contribution in [3.8, 4) is 5.75 Å². The maximum absolute atomic E-state index is 11.8. The van der Waals surface area contributed by atoms with Crippen LogP contribution in [0.2, 0.25) is 0 Å². The molecule has 1 amide bonds. The van der Waals surface area contributed by atoms with E-state index in [-0.39, 0.29) is 5.91 Å². The van der Waals surface area contributed by atoms with E-state index in [1.54, 1.807) is 39.0 Å². The van der Waals surface area contributed by atoms with Crippen LogP contribution in [-0.4, -0.2) is 25.7 Å². The summed E-state index contributed by atoms with van der Waals surface area (Å²) in [4.78, 5) is 11.5. The monoisotopic (exact) mass is 284 g/mol. The normalized spacial score (nSPS) is 18.5. The van der Waals surface area contributed by atoms with Crippen LogP contribution in [0.25, 0.3) is 0 Å². The van der Waals surface area contributed by atoms with Gasteiger partial charge in [-0.3, -0.25) is 9.52 Å². The van der Waals surface area contributed by atoms with Crippen molar-refractivity contribution < 1.29 is 17.9 Å². The summed E-state index contributed by atoms with van der Waals surface area (Å²) in [5, 5.41) is 2.13. The molecule has 2 rings (SSSR count). The number of fused-ring (bicyclic) bond motifs is 1. The number of carbonyl (C=O) groups excluding carboxylic acids is 1. The lowest BCUT2D eigenvalue weighted by atomic mass is 10.2. The van der Waals surface area contributed by atoms with Crippen LogP contribution < -0.4 is 14.8 Å². The first-order valence-corrected chi connectivity index (χ1v) is 7.47. The highest BCUT2D eigenvalue weighted by Crippen LogP contribution is 2.32. The van der Waals surface area contributed by atoms with E-state index in [0.717, 1.165) is 0 Å². The van der Waals surface area contributed by atoms with Gasteiger partial charge in [-0.2, -0.15) is 0 Å². The van der Waals surface area contributed by atoms with Crippen LogP contribution in [0.15, 0.2) is 18.2 Å². The van der Waals surface area contributed by atoms with Gasteiger partial charge in [0.25, 0.3) is 5.91 Å². The molecule has 0 aliphatic carbocycles. The lowest BCUT2D eigenvalue weighted by molar-refractivity contribution is -0.122. The Bertz CT molecular complexity index is 610. The van der Waals surface area contributed by atoms with Gasteiger partial charge in [-0.05, 0) is 39.0 Å². The number of ether oxygens (including phenoxy) is 1. The maximum Gasteiger partial charge on any atom is 0.265 e. The van der Waals surface area contributed by atoms with Crippen molar-refractivity contribution in [2.45, 2.75) is 32.1 Å². The summed E-state index contributed by atoms with van der Waals surface area (Å²) in [5.41, 5.74) is 0.859. The predicted molar refractivity (Wildman–Crippen MR) is 72.8 cm³/mol. The molecule has 0 fully saturated rings. The molecule has 1 aromatic rings. The summed E-state index contributed by atoms with van der Waals surface area (Å²) in [6.45, 7) is 4.83. The molecule has 1 atom stereocenters. The second kappa shape index (κ2) is 4.73. The Morgan fingerprint density at radius 3 is 2.68 bits per heavy atom. The van der Waals surface area contributed by atoms with E-state index < -0.39 is 21.4 Å². The smallest absolute Gasteiger partial charge is 0.265 e. The molecular weight excluding hydrogens is 268 g/mol. The van der Waals surface area contributed by atoms with E-state index in [4.69, 9.17) is 4.74 Å². The number of hydrogen-bond donors (Lipinski definition) is 2. The number of carbonyl (C=O) groups is 1. The highest BCUT2D eigenvalue weighted by Gasteiger charge is 2.24. The highest BCUT2D eigenvalue weighted by molar-refractivity contribution is 7.93. The van der Waals surface area contributed by atoms with Crippen molar-refractivity contribution in [2.24, 2.45) is 0 Å². The molecule has 1 heterocycles. The molecule has 2 N–H and O–H groups in total. The van der Waals surface area contributed by atoms with Crippen LogP contribution in [0.4, 0.5) is 11.4 Å². The second-order valence-electron chi connectivity index (χ2n) is 4.66. The Labute approximate surface area is 112 Å². The van der Waals surface area contributed by atoms with Gasteiger partial charge in [-0.15, -0.1) is 0 Å². The molecule has 1 aliphatic rings. The van der Waals surface area contributed by atoms with Crippen LogP contribution in [0, 0.1) is 0 Å². The first kappa shape index (κ1) is 13.7. The van der Waals surface area contributed by atoms with Gasteiger partial charge in [0, 0.05) is 0 Å². The predicted octanol–water partition coefficient (Wildman–Crippen LogP) is 1.56. The average molecular weight is 284 g/mol. The van der Waals surface area contributed by atoms with Gasteiger partial charge in [0.1, 0.15) is 5.75 Å². The molecule has 6 nitrogen and oxygen atoms in total. The molecule has 19 heavy (non-hydrogen) atoms. The summed E-state index contributed by atoms with van der Waals surface area (Å²) < 4.78 is 31.4. The molecule has 0 bridgehead atoms. The fourth-order valence-electron chi connectivity index (χ4n) is 1.55. The van der Waals surface area contributed by atoms with Gasteiger partial charge < -0.3 is 10.1 Å². The Kier molecular flexibility index (Phi) is 3.40. The molecule has 0 saturated carbocycles. The van der Waals surface area contributed by atoms with Crippen LogP contribution in [0.3, 0.4) is 0 Å². The topological polar surface area (TPSA) is 84.5 Å². The van der Waals surface area contributed by atoms with Crippen molar-refractivity contribution in [3.05, 3.63) is 18.2 Å². The molecule has 7 heteroatoms. The summed E-state index contributed by atoms with van der Waals surface area (Å²) in [6.07, 6.45) is -0.550. The van der Waals surface area contributed by atoms with E-state index >= 15 is 0 Å². The third-order valence-corrected chi connectivity index (χ3v) is 4.55. The van der Waals surface area contributed by atoms with Gasteiger partial charge in [0.15, 0.2) is 6.10 Å². The van der Waals surface area contributed by atoms with E-state index in [1.807, 2.05) is 0 Å². The zero-order valence-electron chi connectivity index (χ0n) is 10.9. The highest BCUT2D eigenvalue weighted by atomic mass is 32.2. The standard InChI is InChI=1S/C12H16N2O4S/c1-7(2)19(16,17)14-9-4-5-11-10(6-9)13-12(15)8(3)18-11/h4-8,14H,1-3H3,(H,13,15). The zero-order valence-corrected chi connectivity index (χ0v) is 11.7. The SMILES string of the molecule is CC1Oc2ccc(NS(=O)(=O)C(C)C)cc2NC1=O. The lowest BCUT2D eigenvalue weighted by Crippen LogP contribution is -2.34. The Hall–Kier alpha value is -1.76. The van der Waals surface area contributed by atoms with Gasteiger partial charge in [0.2, 0.25) is 10.0 Å². The first-order chi connectivity index (χ1) is 8.79. The van der Waals surface area contributed by atoms with Gasteiger partial charge in [0.05, 0.1) is 16.6 Å². The van der Waals surface area contributed by atoms with Crippen LogP contribution in [0.1, 0.15) is 20.8 Å². The Balaban J connectivity index is 2.28.